The molecule has 0 radical (unpaired) electrons. The molecule has 0 atom stereocenters. The van der Waals surface area contributed by atoms with E-state index in [1.165, 1.54) is 55.2 Å². The monoisotopic (exact) mass is 393 g/mol. The van der Waals surface area contributed by atoms with Gasteiger partial charge < -0.3 is 15.7 Å². The summed E-state index contributed by atoms with van der Waals surface area (Å²) in [5, 5.41) is 2.57. The lowest BCUT2D eigenvalue weighted by Crippen LogP contribution is -2.07. The summed E-state index contributed by atoms with van der Waals surface area (Å²) in [7, 11) is 0. The molecule has 3 aromatic carbocycles. The van der Waals surface area contributed by atoms with Crippen molar-refractivity contribution >= 4 is 27.5 Å². The number of H-pyrrole nitrogens is 2. The zero-order valence-electron chi connectivity index (χ0n) is 17.7. The summed E-state index contributed by atoms with van der Waals surface area (Å²) in [6, 6.07) is 19.6. The molecule has 3 heteroatoms. The topological polar surface area (TPSA) is 57.6 Å². The van der Waals surface area contributed by atoms with Crippen molar-refractivity contribution in [3.8, 4) is 0 Å². The number of hydrogen-bond donors (Lipinski definition) is 3. The summed E-state index contributed by atoms with van der Waals surface area (Å²) in [6.07, 6.45) is 5.21. The highest BCUT2D eigenvalue weighted by Crippen LogP contribution is 2.38. The third kappa shape index (κ3) is 3.17. The van der Waals surface area contributed by atoms with Crippen molar-refractivity contribution in [2.75, 3.05) is 5.73 Å². The fraction of sp³-hybridized carbons (Fsp3) is 0.185. The predicted molar refractivity (Wildman–Crippen MR) is 127 cm³/mol. The van der Waals surface area contributed by atoms with E-state index in [9.17, 15) is 0 Å². The first-order valence-corrected chi connectivity index (χ1v) is 10.5. The third-order valence-electron chi connectivity index (χ3n) is 6.21. The van der Waals surface area contributed by atoms with Gasteiger partial charge in [-0.1, -0.05) is 41.0 Å². The Morgan fingerprint density at radius 1 is 0.700 bits per heavy atom. The Labute approximate surface area is 176 Å². The van der Waals surface area contributed by atoms with Crippen LogP contribution < -0.4 is 5.73 Å². The highest BCUT2D eigenvalue weighted by Gasteiger charge is 2.23. The smallest absolute Gasteiger partial charge is 0.0457 e. The van der Waals surface area contributed by atoms with Crippen LogP contribution in [0.2, 0.25) is 0 Å². The maximum atomic E-state index is 6.40. The summed E-state index contributed by atoms with van der Waals surface area (Å²) in [5.41, 5.74) is 17.2. The zero-order valence-corrected chi connectivity index (χ0v) is 17.7. The molecule has 0 unspecified atom stereocenters. The zero-order chi connectivity index (χ0) is 20.8. The van der Waals surface area contributed by atoms with Crippen LogP contribution in [0.3, 0.4) is 0 Å². The molecular weight excluding hydrogens is 366 g/mol. The second kappa shape index (κ2) is 7.10. The number of nitrogens with two attached hydrogens (primary N) is 1. The maximum Gasteiger partial charge on any atom is 0.0457 e. The van der Waals surface area contributed by atoms with Crippen molar-refractivity contribution in [1.29, 1.82) is 0 Å². The Balaban J connectivity index is 1.73. The van der Waals surface area contributed by atoms with Crippen molar-refractivity contribution in [2.45, 2.75) is 33.1 Å². The molecule has 0 fully saturated rings. The van der Waals surface area contributed by atoms with E-state index in [1.54, 1.807) is 0 Å². The first-order chi connectivity index (χ1) is 14.5. The minimum absolute atomic E-state index is 0.195. The SMILES string of the molecule is Cc1ccc(N)c(CC(c2c[nH]c3ccc(C)cc23)c2c[nH]c3ccc(C)cc23)c1. The van der Waals surface area contributed by atoms with Crippen LogP contribution in [-0.2, 0) is 6.42 Å². The van der Waals surface area contributed by atoms with Crippen LogP contribution in [0, 0.1) is 20.8 Å². The maximum absolute atomic E-state index is 6.40. The molecule has 0 saturated heterocycles. The predicted octanol–water partition coefficient (Wildman–Crippen LogP) is 6.53. The average molecular weight is 394 g/mol. The van der Waals surface area contributed by atoms with E-state index in [2.05, 4.69) is 91.7 Å². The summed E-state index contributed by atoms with van der Waals surface area (Å²) < 4.78 is 0. The fourth-order valence-electron chi connectivity index (χ4n) is 4.61. The number of benzene rings is 3. The molecule has 0 aliphatic carbocycles. The molecule has 2 aromatic heterocycles. The molecular formula is C27H27N3. The Morgan fingerprint density at radius 2 is 1.20 bits per heavy atom. The number of nitrogen functional groups attached to an aromatic ring is 1. The van der Waals surface area contributed by atoms with E-state index in [0.29, 0.717) is 0 Å². The van der Waals surface area contributed by atoms with Crippen LogP contribution >= 0.6 is 0 Å². The van der Waals surface area contributed by atoms with Gasteiger partial charge in [-0.15, -0.1) is 0 Å². The Morgan fingerprint density at radius 3 is 1.77 bits per heavy atom. The summed E-state index contributed by atoms with van der Waals surface area (Å²) in [6.45, 7) is 6.43. The summed E-state index contributed by atoms with van der Waals surface area (Å²) in [4.78, 5) is 6.98. The lowest BCUT2D eigenvalue weighted by Gasteiger charge is -2.19. The number of hydrogen-bond acceptors (Lipinski definition) is 1. The van der Waals surface area contributed by atoms with E-state index < -0.39 is 0 Å². The highest BCUT2D eigenvalue weighted by molar-refractivity contribution is 5.89. The first kappa shape index (κ1) is 18.6. The molecule has 0 spiro atoms. The quantitative estimate of drug-likeness (QED) is 0.299. The molecule has 0 bridgehead atoms. The fourth-order valence-corrected chi connectivity index (χ4v) is 4.61. The Kier molecular flexibility index (Phi) is 4.39. The molecule has 30 heavy (non-hydrogen) atoms. The molecule has 0 aliphatic rings. The number of aromatic amines is 2. The molecule has 5 aromatic rings. The van der Waals surface area contributed by atoms with Gasteiger partial charge in [-0.3, -0.25) is 0 Å². The Hall–Kier alpha value is -3.46. The van der Waals surface area contributed by atoms with Gasteiger partial charge in [-0.05, 0) is 74.2 Å². The van der Waals surface area contributed by atoms with Crippen molar-refractivity contribution in [3.63, 3.8) is 0 Å². The van der Waals surface area contributed by atoms with Crippen molar-refractivity contribution in [3.05, 3.63) is 100 Å². The van der Waals surface area contributed by atoms with Crippen molar-refractivity contribution in [2.24, 2.45) is 0 Å². The van der Waals surface area contributed by atoms with Crippen LogP contribution in [0.25, 0.3) is 21.8 Å². The number of fused-ring (bicyclic) bond motifs is 2. The first-order valence-electron chi connectivity index (χ1n) is 10.5. The summed E-state index contributed by atoms with van der Waals surface area (Å²) in [5.74, 6) is 0.195. The number of rotatable bonds is 4. The summed E-state index contributed by atoms with van der Waals surface area (Å²) >= 11 is 0. The van der Waals surface area contributed by atoms with Crippen LogP contribution in [0.5, 0.6) is 0 Å². The number of anilines is 1. The minimum atomic E-state index is 0.195. The van der Waals surface area contributed by atoms with Gasteiger partial charge in [0.1, 0.15) is 0 Å². The molecule has 0 aliphatic heterocycles. The van der Waals surface area contributed by atoms with Crippen LogP contribution in [0.15, 0.2) is 67.0 Å². The minimum Gasteiger partial charge on any atom is -0.399 e. The van der Waals surface area contributed by atoms with Gasteiger partial charge in [0.15, 0.2) is 0 Å². The Bertz CT molecular complexity index is 1290. The number of aryl methyl sites for hydroxylation is 3. The number of aromatic nitrogens is 2. The third-order valence-corrected chi connectivity index (χ3v) is 6.21. The van der Waals surface area contributed by atoms with E-state index in [0.717, 1.165) is 12.1 Å². The van der Waals surface area contributed by atoms with Gasteiger partial charge in [-0.2, -0.15) is 0 Å². The lowest BCUT2D eigenvalue weighted by atomic mass is 9.84. The van der Waals surface area contributed by atoms with Crippen LogP contribution in [0.1, 0.15) is 39.3 Å². The second-order valence-electron chi connectivity index (χ2n) is 8.55. The normalized spacial score (nSPS) is 11.7. The van der Waals surface area contributed by atoms with E-state index >= 15 is 0 Å². The van der Waals surface area contributed by atoms with Crippen molar-refractivity contribution < 1.29 is 0 Å². The highest BCUT2D eigenvalue weighted by atomic mass is 14.7. The van der Waals surface area contributed by atoms with Gasteiger partial charge in [-0.25, -0.2) is 0 Å². The molecule has 0 amide bonds. The van der Waals surface area contributed by atoms with Gasteiger partial charge >= 0.3 is 0 Å². The van der Waals surface area contributed by atoms with Gasteiger partial charge in [0.05, 0.1) is 0 Å². The molecule has 0 saturated carbocycles. The van der Waals surface area contributed by atoms with E-state index in [1.807, 2.05) is 6.07 Å². The standard InChI is InChI=1S/C27H27N3/c1-16-4-7-25(28)19(10-16)13-20(23-14-29-26-8-5-17(2)11-21(23)26)24-15-30-27-9-6-18(3)12-22(24)27/h4-12,14-15,20,29-30H,13,28H2,1-3H3. The number of nitrogens with one attached hydrogen (secondary N) is 2. The van der Waals surface area contributed by atoms with Gasteiger partial charge in [0.2, 0.25) is 0 Å². The van der Waals surface area contributed by atoms with Crippen LogP contribution in [0.4, 0.5) is 5.69 Å². The van der Waals surface area contributed by atoms with Crippen LogP contribution in [-0.4, -0.2) is 9.97 Å². The molecule has 4 N–H and O–H groups in total. The second-order valence-corrected chi connectivity index (χ2v) is 8.55. The molecule has 5 rings (SSSR count). The van der Waals surface area contributed by atoms with Crippen molar-refractivity contribution in [1.82, 2.24) is 9.97 Å². The van der Waals surface area contributed by atoms with Gasteiger partial charge in [0, 0.05) is 45.8 Å². The average Bonchev–Trinajstić information content (AvgIpc) is 3.32. The van der Waals surface area contributed by atoms with Gasteiger partial charge in [0.25, 0.3) is 0 Å². The lowest BCUT2D eigenvalue weighted by molar-refractivity contribution is 0.819. The molecule has 2 heterocycles. The molecule has 3 nitrogen and oxygen atoms in total. The van der Waals surface area contributed by atoms with E-state index in [-0.39, 0.29) is 5.92 Å². The van der Waals surface area contributed by atoms with E-state index in [4.69, 9.17) is 5.73 Å². The largest absolute Gasteiger partial charge is 0.399 e. The molecule has 150 valence electrons.